The zero-order valence-corrected chi connectivity index (χ0v) is 8.10. The van der Waals surface area contributed by atoms with Crippen molar-refractivity contribution in [3.63, 3.8) is 0 Å². The normalized spacial score (nSPS) is 11.5. The summed E-state index contributed by atoms with van der Waals surface area (Å²) in [4.78, 5) is 10.0. The molecule has 1 unspecified atom stereocenters. The summed E-state index contributed by atoms with van der Waals surface area (Å²) in [6, 6.07) is 0. The van der Waals surface area contributed by atoms with Crippen LogP contribution in [0.5, 0.6) is 0 Å². The molecule has 0 bridgehead atoms. The van der Waals surface area contributed by atoms with Gasteiger partial charge in [0.2, 0.25) is 0 Å². The molecule has 12 heavy (non-hydrogen) atoms. The SMILES string of the molecule is CCCCC#CC(C)CCC=O. The third-order valence-corrected chi connectivity index (χ3v) is 1.72. The third kappa shape index (κ3) is 7.34. The van der Waals surface area contributed by atoms with Gasteiger partial charge in [0.05, 0.1) is 0 Å². The summed E-state index contributed by atoms with van der Waals surface area (Å²) in [5.41, 5.74) is 0. The molecule has 0 fully saturated rings. The zero-order valence-electron chi connectivity index (χ0n) is 8.10. The largest absolute Gasteiger partial charge is 0.303 e. The monoisotopic (exact) mass is 166 g/mol. The number of carbonyl (C=O) groups excluding carboxylic acids is 1. The van der Waals surface area contributed by atoms with Crippen LogP contribution in [0.15, 0.2) is 0 Å². The maximum atomic E-state index is 10.0. The van der Waals surface area contributed by atoms with E-state index in [9.17, 15) is 4.79 Å². The van der Waals surface area contributed by atoms with Crippen LogP contribution in [-0.4, -0.2) is 6.29 Å². The molecule has 0 radical (unpaired) electrons. The van der Waals surface area contributed by atoms with Gasteiger partial charge in [-0.3, -0.25) is 0 Å². The van der Waals surface area contributed by atoms with Crippen molar-refractivity contribution < 1.29 is 4.79 Å². The first kappa shape index (κ1) is 11.2. The van der Waals surface area contributed by atoms with Crippen LogP contribution in [0, 0.1) is 17.8 Å². The van der Waals surface area contributed by atoms with Crippen molar-refractivity contribution in [3.05, 3.63) is 0 Å². The summed E-state index contributed by atoms with van der Waals surface area (Å²) in [6.45, 7) is 4.24. The summed E-state index contributed by atoms with van der Waals surface area (Å²) in [6.07, 6.45) is 5.91. The van der Waals surface area contributed by atoms with Gasteiger partial charge in [-0.2, -0.15) is 0 Å². The number of hydrogen-bond donors (Lipinski definition) is 0. The lowest BCUT2D eigenvalue weighted by Crippen LogP contribution is -1.90. The molecule has 0 aliphatic carbocycles. The first-order chi connectivity index (χ1) is 5.81. The van der Waals surface area contributed by atoms with Gasteiger partial charge in [0.15, 0.2) is 0 Å². The molecule has 0 saturated carbocycles. The van der Waals surface area contributed by atoms with E-state index in [-0.39, 0.29) is 0 Å². The fourth-order valence-electron chi connectivity index (χ4n) is 0.902. The molecule has 0 N–H and O–H groups in total. The Balaban J connectivity index is 3.42. The van der Waals surface area contributed by atoms with Gasteiger partial charge in [-0.15, -0.1) is 11.8 Å². The van der Waals surface area contributed by atoms with E-state index in [2.05, 4.69) is 25.7 Å². The van der Waals surface area contributed by atoms with Crippen molar-refractivity contribution in [1.82, 2.24) is 0 Å². The van der Waals surface area contributed by atoms with Crippen LogP contribution in [-0.2, 0) is 4.79 Å². The second-order valence-electron chi connectivity index (χ2n) is 3.07. The van der Waals surface area contributed by atoms with Crippen molar-refractivity contribution in [3.8, 4) is 11.8 Å². The highest BCUT2D eigenvalue weighted by Gasteiger charge is 1.94. The fraction of sp³-hybridized carbons (Fsp3) is 0.727. The van der Waals surface area contributed by atoms with E-state index in [1.807, 2.05) is 0 Å². The van der Waals surface area contributed by atoms with Gasteiger partial charge in [0, 0.05) is 18.8 Å². The first-order valence-corrected chi connectivity index (χ1v) is 4.73. The van der Waals surface area contributed by atoms with E-state index in [0.29, 0.717) is 12.3 Å². The Bertz CT molecular complexity index is 162. The van der Waals surface area contributed by atoms with Gasteiger partial charge in [-0.1, -0.05) is 20.3 Å². The van der Waals surface area contributed by atoms with Crippen molar-refractivity contribution >= 4 is 6.29 Å². The minimum atomic E-state index is 0.382. The van der Waals surface area contributed by atoms with Gasteiger partial charge in [0.1, 0.15) is 6.29 Å². The molecule has 0 aliphatic heterocycles. The molecule has 0 aliphatic rings. The number of hydrogen-bond acceptors (Lipinski definition) is 1. The average Bonchev–Trinajstić information content (AvgIpc) is 2.09. The van der Waals surface area contributed by atoms with Gasteiger partial charge in [-0.25, -0.2) is 0 Å². The Labute approximate surface area is 75.5 Å². The first-order valence-electron chi connectivity index (χ1n) is 4.73. The second-order valence-corrected chi connectivity index (χ2v) is 3.07. The highest BCUT2D eigenvalue weighted by atomic mass is 16.1. The number of rotatable bonds is 5. The maximum Gasteiger partial charge on any atom is 0.120 e. The van der Waals surface area contributed by atoms with E-state index < -0.39 is 0 Å². The van der Waals surface area contributed by atoms with Crippen molar-refractivity contribution in [2.45, 2.75) is 46.0 Å². The molecule has 0 aromatic rings. The molecule has 0 heterocycles. The molecular formula is C11H18O. The van der Waals surface area contributed by atoms with E-state index >= 15 is 0 Å². The van der Waals surface area contributed by atoms with Crippen LogP contribution in [0.25, 0.3) is 0 Å². The lowest BCUT2D eigenvalue weighted by molar-refractivity contribution is -0.108. The molecule has 0 spiro atoms. The molecular weight excluding hydrogens is 148 g/mol. The second kappa shape index (κ2) is 8.33. The molecule has 68 valence electrons. The van der Waals surface area contributed by atoms with Gasteiger partial charge in [-0.05, 0) is 12.8 Å². The molecule has 0 rings (SSSR count). The summed E-state index contributed by atoms with van der Waals surface area (Å²) < 4.78 is 0. The highest BCUT2D eigenvalue weighted by molar-refractivity contribution is 5.49. The Morgan fingerprint density at radius 3 is 2.83 bits per heavy atom. The summed E-state index contributed by atoms with van der Waals surface area (Å²) >= 11 is 0. The van der Waals surface area contributed by atoms with Crippen molar-refractivity contribution in [2.24, 2.45) is 5.92 Å². The smallest absolute Gasteiger partial charge is 0.120 e. The molecule has 0 saturated heterocycles. The lowest BCUT2D eigenvalue weighted by Gasteiger charge is -1.97. The van der Waals surface area contributed by atoms with Gasteiger partial charge in [0.25, 0.3) is 0 Å². The Hall–Kier alpha value is -0.770. The molecule has 1 heteroatoms. The van der Waals surface area contributed by atoms with Crippen LogP contribution < -0.4 is 0 Å². The third-order valence-electron chi connectivity index (χ3n) is 1.72. The molecule has 0 amide bonds. The lowest BCUT2D eigenvalue weighted by atomic mass is 10.1. The Kier molecular flexibility index (Phi) is 7.79. The molecule has 0 aromatic heterocycles. The minimum absolute atomic E-state index is 0.382. The van der Waals surface area contributed by atoms with E-state index in [4.69, 9.17) is 0 Å². The Morgan fingerprint density at radius 2 is 2.25 bits per heavy atom. The fourth-order valence-corrected chi connectivity index (χ4v) is 0.902. The summed E-state index contributed by atoms with van der Waals surface area (Å²) in [7, 11) is 0. The van der Waals surface area contributed by atoms with Crippen LogP contribution in [0.1, 0.15) is 46.0 Å². The van der Waals surface area contributed by atoms with Crippen molar-refractivity contribution in [2.75, 3.05) is 0 Å². The van der Waals surface area contributed by atoms with Crippen LogP contribution in [0.3, 0.4) is 0 Å². The molecule has 1 nitrogen and oxygen atoms in total. The predicted octanol–water partition coefficient (Wildman–Crippen LogP) is 2.80. The number of unbranched alkanes of at least 4 members (excludes halogenated alkanes) is 2. The Morgan fingerprint density at radius 1 is 1.50 bits per heavy atom. The topological polar surface area (TPSA) is 17.1 Å². The maximum absolute atomic E-state index is 10.0. The van der Waals surface area contributed by atoms with Gasteiger partial charge >= 0.3 is 0 Å². The summed E-state index contributed by atoms with van der Waals surface area (Å²) in [5, 5.41) is 0. The highest BCUT2D eigenvalue weighted by Crippen LogP contribution is 2.02. The van der Waals surface area contributed by atoms with E-state index in [1.54, 1.807) is 0 Å². The van der Waals surface area contributed by atoms with E-state index in [1.165, 1.54) is 12.8 Å². The summed E-state index contributed by atoms with van der Waals surface area (Å²) in [5.74, 6) is 6.65. The standard InChI is InChI=1S/C11H18O/c1-3-4-5-6-8-11(2)9-7-10-12/h10-11H,3-5,7,9H2,1-2H3. The molecule has 0 aromatic carbocycles. The van der Waals surface area contributed by atoms with Crippen LogP contribution >= 0.6 is 0 Å². The predicted molar refractivity (Wildman–Crippen MR) is 51.8 cm³/mol. The molecule has 1 atom stereocenters. The number of carbonyl (C=O) groups is 1. The number of aldehydes is 1. The quantitative estimate of drug-likeness (QED) is 0.349. The zero-order chi connectivity index (χ0) is 9.23. The van der Waals surface area contributed by atoms with Gasteiger partial charge < -0.3 is 4.79 Å². The van der Waals surface area contributed by atoms with Crippen LogP contribution in [0.4, 0.5) is 0 Å². The average molecular weight is 166 g/mol. The minimum Gasteiger partial charge on any atom is -0.303 e. The van der Waals surface area contributed by atoms with Crippen LogP contribution in [0.2, 0.25) is 0 Å². The van der Waals surface area contributed by atoms with Crippen molar-refractivity contribution in [1.29, 1.82) is 0 Å². The van der Waals surface area contributed by atoms with E-state index in [0.717, 1.165) is 19.1 Å².